The van der Waals surface area contributed by atoms with E-state index in [1.54, 1.807) is 6.07 Å². The number of hydrogen-bond donors (Lipinski definition) is 1. The first-order chi connectivity index (χ1) is 15.0. The van der Waals surface area contributed by atoms with Crippen LogP contribution in [-0.4, -0.2) is 56.8 Å². The van der Waals surface area contributed by atoms with Crippen molar-refractivity contribution in [1.82, 2.24) is 14.5 Å². The van der Waals surface area contributed by atoms with Gasteiger partial charge in [0.25, 0.3) is 5.91 Å². The summed E-state index contributed by atoms with van der Waals surface area (Å²) in [7, 11) is -0.676. The summed E-state index contributed by atoms with van der Waals surface area (Å²) in [6.07, 6.45) is -3.00. The Hall–Kier alpha value is -2.43. The van der Waals surface area contributed by atoms with Crippen LogP contribution < -0.4 is 5.32 Å². The second kappa shape index (κ2) is 9.60. The first-order valence-electron chi connectivity index (χ1n) is 10.2. The number of amides is 1. The molecular formula is C22H26F3N3O3S. The molecule has 32 heavy (non-hydrogen) atoms. The number of halogens is 3. The van der Waals surface area contributed by atoms with E-state index in [-0.39, 0.29) is 16.8 Å². The molecule has 0 unspecified atom stereocenters. The lowest BCUT2D eigenvalue weighted by molar-refractivity contribution is -0.137. The third-order valence-corrected chi connectivity index (χ3v) is 7.31. The van der Waals surface area contributed by atoms with Crippen LogP contribution in [0.25, 0.3) is 0 Å². The van der Waals surface area contributed by atoms with Crippen LogP contribution >= 0.6 is 0 Å². The van der Waals surface area contributed by atoms with Crippen LogP contribution in [0.5, 0.6) is 0 Å². The van der Waals surface area contributed by atoms with E-state index in [9.17, 15) is 26.4 Å². The Bertz CT molecular complexity index is 1050. The van der Waals surface area contributed by atoms with Crippen LogP contribution in [-0.2, 0) is 22.7 Å². The quantitative estimate of drug-likeness (QED) is 0.705. The zero-order valence-electron chi connectivity index (χ0n) is 17.9. The van der Waals surface area contributed by atoms with Gasteiger partial charge in [0, 0.05) is 45.3 Å². The lowest BCUT2D eigenvalue weighted by Gasteiger charge is -2.32. The molecule has 0 spiro atoms. The minimum Gasteiger partial charge on any atom is -0.349 e. The van der Waals surface area contributed by atoms with Crippen molar-refractivity contribution in [1.29, 1.82) is 0 Å². The van der Waals surface area contributed by atoms with Crippen LogP contribution in [0.2, 0.25) is 0 Å². The summed E-state index contributed by atoms with van der Waals surface area (Å²) in [6, 6.07) is 11.1. The van der Waals surface area contributed by atoms with Gasteiger partial charge in [-0.15, -0.1) is 0 Å². The highest BCUT2D eigenvalue weighted by atomic mass is 32.2. The molecule has 0 atom stereocenters. The Balaban J connectivity index is 1.52. The summed E-state index contributed by atoms with van der Waals surface area (Å²) in [5.41, 5.74) is 0.325. The largest absolute Gasteiger partial charge is 0.416 e. The molecule has 2 aromatic carbocycles. The summed E-state index contributed by atoms with van der Waals surface area (Å²) < 4.78 is 64.0. The lowest BCUT2D eigenvalue weighted by Crippen LogP contribution is -2.44. The molecule has 1 fully saturated rings. The molecule has 1 heterocycles. The summed E-state index contributed by atoms with van der Waals surface area (Å²) >= 11 is 0. The highest BCUT2D eigenvalue weighted by Gasteiger charge is 2.30. The van der Waals surface area contributed by atoms with Crippen LogP contribution in [0.3, 0.4) is 0 Å². The molecule has 1 amide bonds. The van der Waals surface area contributed by atoms with Gasteiger partial charge in [-0.05, 0) is 48.7 Å². The van der Waals surface area contributed by atoms with E-state index >= 15 is 0 Å². The number of rotatable bonds is 6. The van der Waals surface area contributed by atoms with Gasteiger partial charge in [0.1, 0.15) is 0 Å². The normalized spacial score (nSPS) is 16.3. The molecular weight excluding hydrogens is 443 g/mol. The average Bonchev–Trinajstić information content (AvgIpc) is 2.74. The first-order valence-corrected chi connectivity index (χ1v) is 11.6. The number of nitrogens with one attached hydrogen (secondary N) is 1. The maximum Gasteiger partial charge on any atom is 0.416 e. The Labute approximate surface area is 186 Å². The maximum absolute atomic E-state index is 12.9. The summed E-state index contributed by atoms with van der Waals surface area (Å²) in [4.78, 5) is 14.7. The monoisotopic (exact) mass is 469 g/mol. The molecule has 10 heteroatoms. The van der Waals surface area contributed by atoms with Crippen molar-refractivity contribution < 1.29 is 26.4 Å². The fraction of sp³-hybridized carbons (Fsp3) is 0.409. The number of hydrogen-bond acceptors (Lipinski definition) is 4. The number of piperidine rings is 1. The van der Waals surface area contributed by atoms with Crippen LogP contribution in [0.15, 0.2) is 53.4 Å². The van der Waals surface area contributed by atoms with E-state index < -0.39 is 21.8 Å². The predicted molar refractivity (Wildman–Crippen MR) is 115 cm³/mol. The molecule has 1 aliphatic heterocycles. The van der Waals surface area contributed by atoms with E-state index in [4.69, 9.17) is 0 Å². The van der Waals surface area contributed by atoms with Crippen molar-refractivity contribution in [2.75, 3.05) is 27.2 Å². The standard InChI is InChI=1S/C22H26F3N3O3S/c1-27(2)32(30,31)20-8-6-17(7-9-20)21(29)26-19-10-12-28(13-11-19)15-16-4-3-5-18(14-16)22(23,24)25/h3-9,14,19H,10-13,15H2,1-2H3,(H,26,29). The average molecular weight is 470 g/mol. The molecule has 0 saturated carbocycles. The van der Waals surface area contributed by atoms with Gasteiger partial charge in [-0.1, -0.05) is 18.2 Å². The molecule has 6 nitrogen and oxygen atoms in total. The zero-order chi connectivity index (χ0) is 23.5. The molecule has 2 aromatic rings. The fourth-order valence-electron chi connectivity index (χ4n) is 3.60. The second-order valence-electron chi connectivity index (χ2n) is 8.03. The number of alkyl halides is 3. The van der Waals surface area contributed by atoms with Crippen LogP contribution in [0.4, 0.5) is 13.2 Å². The van der Waals surface area contributed by atoms with Crippen LogP contribution in [0.1, 0.15) is 34.3 Å². The molecule has 0 aliphatic carbocycles. The molecule has 0 radical (unpaired) electrons. The highest BCUT2D eigenvalue weighted by Crippen LogP contribution is 2.30. The Morgan fingerprint density at radius 3 is 2.28 bits per heavy atom. The van der Waals surface area contributed by atoms with E-state index in [0.29, 0.717) is 43.6 Å². The van der Waals surface area contributed by atoms with Gasteiger partial charge < -0.3 is 5.32 Å². The lowest BCUT2D eigenvalue weighted by atomic mass is 10.0. The summed E-state index contributed by atoms with van der Waals surface area (Å²) in [6.45, 7) is 1.73. The van der Waals surface area contributed by atoms with Gasteiger partial charge in [-0.25, -0.2) is 12.7 Å². The molecule has 1 saturated heterocycles. The topological polar surface area (TPSA) is 69.7 Å². The first kappa shape index (κ1) is 24.2. The van der Waals surface area contributed by atoms with Crippen molar-refractivity contribution in [2.45, 2.75) is 36.5 Å². The molecule has 0 bridgehead atoms. The number of nitrogens with zero attached hydrogens (tertiary/aromatic N) is 2. The van der Waals surface area contributed by atoms with Gasteiger partial charge in [0.2, 0.25) is 10.0 Å². The van der Waals surface area contributed by atoms with E-state index in [0.717, 1.165) is 10.4 Å². The van der Waals surface area contributed by atoms with Gasteiger partial charge in [0.15, 0.2) is 0 Å². The molecule has 3 rings (SSSR count). The second-order valence-corrected chi connectivity index (χ2v) is 10.2. The maximum atomic E-state index is 12.9. The number of likely N-dealkylation sites (tertiary alicyclic amines) is 1. The fourth-order valence-corrected chi connectivity index (χ4v) is 4.50. The Morgan fingerprint density at radius 2 is 1.72 bits per heavy atom. The van der Waals surface area contributed by atoms with Gasteiger partial charge >= 0.3 is 6.18 Å². The number of carbonyl (C=O) groups excluding carboxylic acids is 1. The Morgan fingerprint density at radius 1 is 1.09 bits per heavy atom. The van der Waals surface area contributed by atoms with Gasteiger partial charge in [0.05, 0.1) is 10.5 Å². The Kier molecular flexibility index (Phi) is 7.26. The molecule has 1 N–H and O–H groups in total. The summed E-state index contributed by atoms with van der Waals surface area (Å²) in [5, 5.41) is 2.96. The summed E-state index contributed by atoms with van der Waals surface area (Å²) in [5.74, 6) is -0.282. The minimum absolute atomic E-state index is 0.0505. The van der Waals surface area contributed by atoms with Gasteiger partial charge in [-0.3, -0.25) is 9.69 Å². The van der Waals surface area contributed by atoms with E-state index in [1.807, 2.05) is 0 Å². The SMILES string of the molecule is CN(C)S(=O)(=O)c1ccc(C(=O)NC2CCN(Cc3cccc(C(F)(F)F)c3)CC2)cc1. The van der Waals surface area contributed by atoms with E-state index in [1.165, 1.54) is 50.5 Å². The number of benzene rings is 2. The van der Waals surface area contributed by atoms with Crippen molar-refractivity contribution in [3.8, 4) is 0 Å². The van der Waals surface area contributed by atoms with Crippen molar-refractivity contribution >= 4 is 15.9 Å². The third kappa shape index (κ3) is 5.87. The highest BCUT2D eigenvalue weighted by molar-refractivity contribution is 7.89. The zero-order valence-corrected chi connectivity index (χ0v) is 18.7. The minimum atomic E-state index is -4.36. The van der Waals surface area contributed by atoms with E-state index in [2.05, 4.69) is 10.2 Å². The number of carbonyl (C=O) groups is 1. The van der Waals surface area contributed by atoms with Gasteiger partial charge in [-0.2, -0.15) is 13.2 Å². The molecule has 1 aliphatic rings. The predicted octanol–water partition coefficient (Wildman–Crippen LogP) is 3.35. The van der Waals surface area contributed by atoms with Crippen molar-refractivity contribution in [2.24, 2.45) is 0 Å². The van der Waals surface area contributed by atoms with Crippen molar-refractivity contribution in [3.63, 3.8) is 0 Å². The van der Waals surface area contributed by atoms with Crippen LogP contribution in [0, 0.1) is 0 Å². The number of sulfonamides is 1. The van der Waals surface area contributed by atoms with Crippen molar-refractivity contribution in [3.05, 3.63) is 65.2 Å². The molecule has 0 aromatic heterocycles. The molecule has 174 valence electrons. The third-order valence-electron chi connectivity index (χ3n) is 5.48. The smallest absolute Gasteiger partial charge is 0.349 e.